The number of rotatable bonds is 3. The van der Waals surface area contributed by atoms with Crippen molar-refractivity contribution in [1.29, 1.82) is 0 Å². The summed E-state index contributed by atoms with van der Waals surface area (Å²) in [6.45, 7) is 0.371. The Hall–Kier alpha value is -2.13. The lowest BCUT2D eigenvalue weighted by Gasteiger charge is -2.08. The van der Waals surface area contributed by atoms with Crippen molar-refractivity contribution in [3.05, 3.63) is 65.6 Å². The number of hydrogen-bond acceptors (Lipinski definition) is 3. The Morgan fingerprint density at radius 3 is 2.79 bits per heavy atom. The molecule has 0 fully saturated rings. The van der Waals surface area contributed by atoms with Gasteiger partial charge in [0.05, 0.1) is 5.69 Å². The number of pyridine rings is 2. The Kier molecular flexibility index (Phi) is 3.29. The van der Waals surface area contributed by atoms with Gasteiger partial charge in [0.15, 0.2) is 0 Å². The average molecular weight is 271 g/mol. The van der Waals surface area contributed by atoms with Crippen LogP contribution in [-0.4, -0.2) is 9.97 Å². The van der Waals surface area contributed by atoms with E-state index in [1.807, 2.05) is 30.3 Å². The number of ether oxygens (including phenoxy) is 1. The largest absolute Gasteiger partial charge is 0.485 e. The Morgan fingerprint density at radius 2 is 1.89 bits per heavy atom. The minimum Gasteiger partial charge on any atom is -0.485 e. The second-order valence-corrected chi connectivity index (χ2v) is 4.52. The van der Waals surface area contributed by atoms with Crippen LogP contribution in [0.15, 0.2) is 54.9 Å². The molecule has 0 aliphatic carbocycles. The molecule has 0 atom stereocenters. The van der Waals surface area contributed by atoms with Gasteiger partial charge in [0.1, 0.15) is 17.9 Å². The van der Waals surface area contributed by atoms with Crippen molar-refractivity contribution < 1.29 is 4.74 Å². The van der Waals surface area contributed by atoms with Crippen molar-refractivity contribution >= 4 is 22.5 Å². The predicted octanol–water partition coefficient (Wildman–Crippen LogP) is 3.86. The zero-order valence-electron chi connectivity index (χ0n) is 10.1. The summed E-state index contributed by atoms with van der Waals surface area (Å²) in [5, 5.41) is 1.71. The maximum Gasteiger partial charge on any atom is 0.146 e. The van der Waals surface area contributed by atoms with Gasteiger partial charge in [0, 0.05) is 22.8 Å². The van der Waals surface area contributed by atoms with Gasteiger partial charge in [-0.2, -0.15) is 0 Å². The molecule has 0 saturated heterocycles. The number of hydrogen-bond donors (Lipinski definition) is 0. The van der Waals surface area contributed by atoms with E-state index in [0.29, 0.717) is 11.6 Å². The summed E-state index contributed by atoms with van der Waals surface area (Å²) < 4.78 is 5.78. The molecule has 0 bridgehead atoms. The number of benzene rings is 1. The smallest absolute Gasteiger partial charge is 0.146 e. The molecule has 94 valence electrons. The van der Waals surface area contributed by atoms with E-state index >= 15 is 0 Å². The van der Waals surface area contributed by atoms with E-state index < -0.39 is 0 Å². The lowest BCUT2D eigenvalue weighted by Crippen LogP contribution is -1.98. The van der Waals surface area contributed by atoms with Crippen LogP contribution in [0.4, 0.5) is 0 Å². The van der Waals surface area contributed by atoms with Gasteiger partial charge in [0.2, 0.25) is 0 Å². The number of para-hydroxylation sites is 1. The highest BCUT2D eigenvalue weighted by Gasteiger charge is 2.03. The molecule has 2 heterocycles. The van der Waals surface area contributed by atoms with Gasteiger partial charge in [-0.1, -0.05) is 29.8 Å². The normalized spacial score (nSPS) is 10.6. The summed E-state index contributed by atoms with van der Waals surface area (Å²) in [5.41, 5.74) is 1.65. The molecule has 3 nitrogen and oxygen atoms in total. The SMILES string of the molecule is Clc1ccnc(COc2cccc3cccnc23)c1. The molecule has 0 amide bonds. The molecule has 3 rings (SSSR count). The van der Waals surface area contributed by atoms with Crippen molar-refractivity contribution in [2.75, 3.05) is 0 Å². The monoisotopic (exact) mass is 270 g/mol. The van der Waals surface area contributed by atoms with Crippen molar-refractivity contribution in [3.8, 4) is 5.75 Å². The molecule has 0 radical (unpaired) electrons. The van der Waals surface area contributed by atoms with Gasteiger partial charge in [-0.05, 0) is 24.3 Å². The van der Waals surface area contributed by atoms with Crippen LogP contribution in [0.25, 0.3) is 10.9 Å². The molecular formula is C15H11ClN2O. The van der Waals surface area contributed by atoms with E-state index in [-0.39, 0.29) is 0 Å². The van der Waals surface area contributed by atoms with Crippen LogP contribution in [0.3, 0.4) is 0 Å². The second kappa shape index (κ2) is 5.24. The van der Waals surface area contributed by atoms with E-state index in [2.05, 4.69) is 9.97 Å². The van der Waals surface area contributed by atoms with E-state index in [9.17, 15) is 0 Å². The predicted molar refractivity (Wildman–Crippen MR) is 75.3 cm³/mol. The van der Waals surface area contributed by atoms with E-state index in [0.717, 1.165) is 22.3 Å². The molecule has 1 aromatic carbocycles. The van der Waals surface area contributed by atoms with Crippen LogP contribution < -0.4 is 4.74 Å². The lowest BCUT2D eigenvalue weighted by molar-refractivity contribution is 0.304. The third-order valence-electron chi connectivity index (χ3n) is 2.75. The van der Waals surface area contributed by atoms with Gasteiger partial charge in [0.25, 0.3) is 0 Å². The zero-order chi connectivity index (χ0) is 13.1. The third-order valence-corrected chi connectivity index (χ3v) is 2.98. The highest BCUT2D eigenvalue weighted by molar-refractivity contribution is 6.30. The first kappa shape index (κ1) is 11.9. The van der Waals surface area contributed by atoms with E-state index in [1.165, 1.54) is 0 Å². The molecular weight excluding hydrogens is 260 g/mol. The minimum absolute atomic E-state index is 0.371. The summed E-state index contributed by atoms with van der Waals surface area (Å²) in [4.78, 5) is 8.54. The standard InChI is InChI=1S/C15H11ClN2O/c16-12-6-8-17-13(9-12)10-19-14-5-1-3-11-4-2-7-18-15(11)14/h1-9H,10H2. The Morgan fingerprint density at radius 1 is 1.00 bits per heavy atom. The first-order valence-corrected chi connectivity index (χ1v) is 6.28. The van der Waals surface area contributed by atoms with Crippen LogP contribution in [0.2, 0.25) is 5.02 Å². The summed E-state index contributed by atoms with van der Waals surface area (Å²) in [5.74, 6) is 0.750. The molecule has 2 aromatic heterocycles. The van der Waals surface area contributed by atoms with Crippen molar-refractivity contribution in [2.24, 2.45) is 0 Å². The molecule has 0 spiro atoms. The van der Waals surface area contributed by atoms with Crippen molar-refractivity contribution in [3.63, 3.8) is 0 Å². The first-order valence-electron chi connectivity index (χ1n) is 5.90. The fraction of sp³-hybridized carbons (Fsp3) is 0.0667. The number of nitrogens with zero attached hydrogens (tertiary/aromatic N) is 2. The fourth-order valence-electron chi connectivity index (χ4n) is 1.87. The van der Waals surface area contributed by atoms with Crippen molar-refractivity contribution in [1.82, 2.24) is 9.97 Å². The Balaban J connectivity index is 1.86. The molecule has 0 aliphatic heterocycles. The molecule has 0 unspecified atom stereocenters. The second-order valence-electron chi connectivity index (χ2n) is 4.09. The van der Waals surface area contributed by atoms with Gasteiger partial charge in [-0.15, -0.1) is 0 Å². The lowest BCUT2D eigenvalue weighted by atomic mass is 10.2. The summed E-state index contributed by atoms with van der Waals surface area (Å²) in [6.07, 6.45) is 3.43. The van der Waals surface area contributed by atoms with Gasteiger partial charge >= 0.3 is 0 Å². The quantitative estimate of drug-likeness (QED) is 0.725. The highest BCUT2D eigenvalue weighted by atomic mass is 35.5. The molecule has 4 heteroatoms. The van der Waals surface area contributed by atoms with Crippen LogP contribution >= 0.6 is 11.6 Å². The number of halogens is 1. The fourth-order valence-corrected chi connectivity index (χ4v) is 2.05. The highest BCUT2D eigenvalue weighted by Crippen LogP contribution is 2.23. The van der Waals surface area contributed by atoms with Crippen LogP contribution in [0.1, 0.15) is 5.69 Å². The maximum absolute atomic E-state index is 5.91. The molecule has 19 heavy (non-hydrogen) atoms. The first-order chi connectivity index (χ1) is 9.33. The zero-order valence-corrected chi connectivity index (χ0v) is 10.8. The van der Waals surface area contributed by atoms with Crippen LogP contribution in [-0.2, 0) is 6.61 Å². The van der Waals surface area contributed by atoms with Crippen molar-refractivity contribution in [2.45, 2.75) is 6.61 Å². The Labute approximate surface area is 115 Å². The van der Waals surface area contributed by atoms with Gasteiger partial charge in [-0.3, -0.25) is 9.97 Å². The number of fused-ring (bicyclic) bond motifs is 1. The molecule has 0 saturated carbocycles. The summed E-state index contributed by atoms with van der Waals surface area (Å²) in [7, 11) is 0. The third kappa shape index (κ3) is 2.66. The average Bonchev–Trinajstić information content (AvgIpc) is 2.45. The van der Waals surface area contributed by atoms with Crippen LogP contribution in [0.5, 0.6) is 5.75 Å². The summed E-state index contributed by atoms with van der Waals surface area (Å²) >= 11 is 5.91. The van der Waals surface area contributed by atoms with Crippen LogP contribution in [0, 0.1) is 0 Å². The minimum atomic E-state index is 0.371. The summed E-state index contributed by atoms with van der Waals surface area (Å²) in [6, 6.07) is 13.3. The Bertz CT molecular complexity index is 710. The molecule has 0 aliphatic rings. The van der Waals surface area contributed by atoms with E-state index in [1.54, 1.807) is 24.5 Å². The molecule has 3 aromatic rings. The van der Waals surface area contributed by atoms with E-state index in [4.69, 9.17) is 16.3 Å². The number of aromatic nitrogens is 2. The van der Waals surface area contributed by atoms with Gasteiger partial charge < -0.3 is 4.74 Å². The maximum atomic E-state index is 5.91. The van der Waals surface area contributed by atoms with Gasteiger partial charge in [-0.25, -0.2) is 0 Å². The topological polar surface area (TPSA) is 35.0 Å². The molecule has 0 N–H and O–H groups in total.